The van der Waals surface area contributed by atoms with Crippen LogP contribution in [0.5, 0.6) is 5.75 Å². The zero-order valence-corrected chi connectivity index (χ0v) is 8.02. The number of para-hydroxylation sites is 1. The van der Waals surface area contributed by atoms with Gasteiger partial charge in [-0.1, -0.05) is 23.3 Å². The van der Waals surface area contributed by atoms with Crippen molar-refractivity contribution in [2.45, 2.75) is 0 Å². The molecule has 0 radical (unpaired) electrons. The summed E-state index contributed by atoms with van der Waals surface area (Å²) in [5.41, 5.74) is 0. The normalized spacial score (nSPS) is 10.6. The number of nitrogens with zero attached hydrogens (tertiary/aromatic N) is 3. The second-order valence-electron chi connectivity index (χ2n) is 2.40. The molecule has 5 heteroatoms. The fourth-order valence-corrected chi connectivity index (χ4v) is 1.29. The summed E-state index contributed by atoms with van der Waals surface area (Å²) in [5, 5.41) is 9.74. The number of thiazole rings is 1. The van der Waals surface area contributed by atoms with E-state index in [1.165, 1.54) is 11.3 Å². The number of aromatic nitrogens is 1. The first kappa shape index (κ1) is 8.83. The van der Waals surface area contributed by atoms with Gasteiger partial charge in [-0.2, -0.15) is 0 Å². The van der Waals surface area contributed by atoms with Gasteiger partial charge in [-0.3, -0.25) is 0 Å². The van der Waals surface area contributed by atoms with Crippen molar-refractivity contribution in [3.63, 3.8) is 0 Å². The van der Waals surface area contributed by atoms with Crippen LogP contribution in [0.1, 0.15) is 0 Å². The lowest BCUT2D eigenvalue weighted by molar-refractivity contribution is 0.312. The fourth-order valence-electron chi connectivity index (χ4n) is 0.849. The van der Waals surface area contributed by atoms with Crippen LogP contribution < -0.4 is 4.84 Å². The molecule has 1 heterocycles. The quantitative estimate of drug-likeness (QED) is 0.570. The Morgan fingerprint density at radius 1 is 1.21 bits per heavy atom. The Morgan fingerprint density at radius 2 is 2.07 bits per heavy atom. The minimum Gasteiger partial charge on any atom is -0.339 e. The second-order valence-corrected chi connectivity index (χ2v) is 3.27. The topological polar surface area (TPSA) is 46.8 Å². The lowest BCUT2D eigenvalue weighted by Crippen LogP contribution is -1.78. The van der Waals surface area contributed by atoms with Crippen molar-refractivity contribution in [2.24, 2.45) is 10.4 Å². The number of hydrogen-bond acceptors (Lipinski definition) is 5. The second kappa shape index (κ2) is 4.48. The highest BCUT2D eigenvalue weighted by molar-refractivity contribution is 7.13. The van der Waals surface area contributed by atoms with Crippen molar-refractivity contribution in [1.82, 2.24) is 4.98 Å². The third kappa shape index (κ3) is 2.37. The van der Waals surface area contributed by atoms with Gasteiger partial charge in [0.2, 0.25) is 5.13 Å². The zero-order valence-electron chi connectivity index (χ0n) is 7.20. The van der Waals surface area contributed by atoms with Gasteiger partial charge in [0, 0.05) is 16.9 Å². The van der Waals surface area contributed by atoms with E-state index in [-0.39, 0.29) is 0 Å². The SMILES string of the molecule is c1ccc(ON=Nc2nccs2)cc1. The lowest BCUT2D eigenvalue weighted by atomic mass is 10.3. The van der Waals surface area contributed by atoms with Gasteiger partial charge in [0.25, 0.3) is 0 Å². The van der Waals surface area contributed by atoms with E-state index in [1.807, 2.05) is 23.6 Å². The molecule has 0 amide bonds. The number of benzene rings is 1. The average molecular weight is 205 g/mol. The van der Waals surface area contributed by atoms with Crippen molar-refractivity contribution in [3.8, 4) is 5.75 Å². The highest BCUT2D eigenvalue weighted by atomic mass is 32.1. The third-order valence-corrected chi connectivity index (χ3v) is 2.09. The van der Waals surface area contributed by atoms with Crippen molar-refractivity contribution in [3.05, 3.63) is 41.9 Å². The van der Waals surface area contributed by atoms with Gasteiger partial charge in [0.15, 0.2) is 5.75 Å². The molecule has 14 heavy (non-hydrogen) atoms. The summed E-state index contributed by atoms with van der Waals surface area (Å²) in [6.45, 7) is 0. The van der Waals surface area contributed by atoms with Gasteiger partial charge >= 0.3 is 0 Å². The molecular formula is C9H7N3OS. The Bertz CT molecular complexity index is 399. The van der Waals surface area contributed by atoms with E-state index in [0.29, 0.717) is 10.9 Å². The predicted octanol–water partition coefficient (Wildman–Crippen LogP) is 3.22. The summed E-state index contributed by atoms with van der Waals surface area (Å²) >= 11 is 1.41. The smallest absolute Gasteiger partial charge is 0.233 e. The van der Waals surface area contributed by atoms with Crippen LogP contribution in [0.4, 0.5) is 5.13 Å². The minimum atomic E-state index is 0.584. The Kier molecular flexibility index (Phi) is 2.82. The summed E-state index contributed by atoms with van der Waals surface area (Å²) in [4.78, 5) is 8.93. The Morgan fingerprint density at radius 3 is 2.79 bits per heavy atom. The summed E-state index contributed by atoms with van der Waals surface area (Å²) in [6, 6.07) is 9.26. The molecule has 0 fully saturated rings. The van der Waals surface area contributed by atoms with Crippen LogP contribution in [-0.2, 0) is 0 Å². The van der Waals surface area contributed by atoms with Crippen molar-refractivity contribution in [2.75, 3.05) is 0 Å². The Labute approximate surface area is 84.9 Å². The van der Waals surface area contributed by atoms with Gasteiger partial charge in [0.05, 0.1) is 0 Å². The van der Waals surface area contributed by atoms with Gasteiger partial charge in [0.1, 0.15) is 0 Å². The molecule has 0 atom stereocenters. The van der Waals surface area contributed by atoms with E-state index in [2.05, 4.69) is 15.4 Å². The van der Waals surface area contributed by atoms with E-state index in [9.17, 15) is 0 Å². The van der Waals surface area contributed by atoms with Gasteiger partial charge in [-0.25, -0.2) is 4.98 Å². The first-order chi connectivity index (χ1) is 6.95. The molecule has 2 aromatic rings. The fraction of sp³-hybridized carbons (Fsp3) is 0. The number of rotatable bonds is 3. The molecule has 4 nitrogen and oxygen atoms in total. The maximum absolute atomic E-state index is 5.00. The van der Waals surface area contributed by atoms with Gasteiger partial charge in [-0.15, -0.1) is 11.3 Å². The van der Waals surface area contributed by atoms with Crippen LogP contribution in [0.25, 0.3) is 0 Å². The van der Waals surface area contributed by atoms with Crippen LogP contribution in [-0.4, -0.2) is 4.98 Å². The summed E-state index contributed by atoms with van der Waals surface area (Å²) < 4.78 is 0. The van der Waals surface area contributed by atoms with E-state index >= 15 is 0 Å². The summed E-state index contributed by atoms with van der Waals surface area (Å²) in [6.07, 6.45) is 1.67. The largest absolute Gasteiger partial charge is 0.339 e. The van der Waals surface area contributed by atoms with Crippen LogP contribution in [0.15, 0.2) is 52.3 Å². The van der Waals surface area contributed by atoms with Crippen molar-refractivity contribution >= 4 is 16.5 Å². The number of hydrogen-bond donors (Lipinski definition) is 0. The molecule has 0 bridgehead atoms. The van der Waals surface area contributed by atoms with Gasteiger partial charge < -0.3 is 4.84 Å². The standard InChI is InChI=1S/C9H7N3OS/c1-2-4-8(5-3-1)13-12-11-9-10-6-7-14-9/h1-7H. The molecular weight excluding hydrogens is 198 g/mol. The molecule has 0 aliphatic rings. The first-order valence-electron chi connectivity index (χ1n) is 3.98. The molecule has 1 aromatic heterocycles. The van der Waals surface area contributed by atoms with E-state index in [0.717, 1.165) is 0 Å². The molecule has 0 aliphatic heterocycles. The molecule has 0 aliphatic carbocycles. The Balaban J connectivity index is 1.95. The molecule has 0 N–H and O–H groups in total. The van der Waals surface area contributed by atoms with Gasteiger partial charge in [-0.05, 0) is 12.1 Å². The van der Waals surface area contributed by atoms with E-state index in [4.69, 9.17) is 4.84 Å². The van der Waals surface area contributed by atoms with E-state index in [1.54, 1.807) is 18.3 Å². The molecule has 0 saturated carbocycles. The minimum absolute atomic E-state index is 0.584. The zero-order chi connectivity index (χ0) is 9.64. The van der Waals surface area contributed by atoms with Crippen molar-refractivity contribution in [1.29, 1.82) is 0 Å². The van der Waals surface area contributed by atoms with Crippen LogP contribution in [0, 0.1) is 0 Å². The highest BCUT2D eigenvalue weighted by Gasteiger charge is 1.91. The molecule has 70 valence electrons. The van der Waals surface area contributed by atoms with Crippen LogP contribution in [0.2, 0.25) is 0 Å². The monoisotopic (exact) mass is 205 g/mol. The third-order valence-electron chi connectivity index (χ3n) is 1.44. The maximum atomic E-state index is 5.00. The van der Waals surface area contributed by atoms with E-state index < -0.39 is 0 Å². The lowest BCUT2D eigenvalue weighted by Gasteiger charge is -1.93. The molecule has 2 rings (SSSR count). The average Bonchev–Trinajstić information content (AvgIpc) is 2.72. The summed E-state index contributed by atoms with van der Waals surface area (Å²) in [5.74, 6) is 0.660. The van der Waals surface area contributed by atoms with Crippen LogP contribution in [0.3, 0.4) is 0 Å². The first-order valence-corrected chi connectivity index (χ1v) is 4.86. The Hall–Kier alpha value is -1.75. The molecule has 0 unspecified atom stereocenters. The van der Waals surface area contributed by atoms with Crippen molar-refractivity contribution < 1.29 is 4.84 Å². The van der Waals surface area contributed by atoms with Crippen LogP contribution >= 0.6 is 11.3 Å². The molecule has 0 spiro atoms. The molecule has 0 saturated heterocycles. The highest BCUT2D eigenvalue weighted by Crippen LogP contribution is 2.16. The maximum Gasteiger partial charge on any atom is 0.233 e. The summed E-state index contributed by atoms with van der Waals surface area (Å²) in [7, 11) is 0. The molecule has 1 aromatic carbocycles. The predicted molar refractivity (Wildman–Crippen MR) is 53.7 cm³/mol.